The molecule has 0 bridgehead atoms. The molecule has 0 aliphatic carbocycles. The van der Waals surface area contributed by atoms with Crippen LogP contribution >= 0.6 is 11.6 Å². The van der Waals surface area contributed by atoms with E-state index < -0.39 is 0 Å². The van der Waals surface area contributed by atoms with Crippen molar-refractivity contribution in [1.29, 1.82) is 0 Å². The van der Waals surface area contributed by atoms with Crippen molar-refractivity contribution < 1.29 is 0 Å². The quantitative estimate of drug-likeness (QED) is 0.799. The van der Waals surface area contributed by atoms with E-state index in [9.17, 15) is 0 Å². The van der Waals surface area contributed by atoms with Gasteiger partial charge in [0.1, 0.15) is 0 Å². The molecule has 2 aromatic rings. The van der Waals surface area contributed by atoms with Crippen LogP contribution in [0.4, 0.5) is 0 Å². The van der Waals surface area contributed by atoms with Crippen LogP contribution in [0, 0.1) is 6.07 Å². The van der Waals surface area contributed by atoms with Crippen molar-refractivity contribution in [2.45, 2.75) is 0 Å². The third-order valence-corrected chi connectivity index (χ3v) is 2.14. The van der Waals surface area contributed by atoms with Crippen molar-refractivity contribution in [2.75, 3.05) is 0 Å². The summed E-state index contributed by atoms with van der Waals surface area (Å²) in [4.78, 5) is 0. The first-order valence-corrected chi connectivity index (χ1v) is 4.58. The Labute approximate surface area is 87.2 Å². The number of hydrogen-bond acceptors (Lipinski definition) is 1. The lowest BCUT2D eigenvalue weighted by Gasteiger charge is -1.94. The van der Waals surface area contributed by atoms with Gasteiger partial charge in [0.05, 0.1) is 5.69 Å². The molecule has 0 aliphatic rings. The molecule has 2 nitrogen and oxygen atoms in total. The monoisotopic (exact) mass is 203 g/mol. The van der Waals surface area contributed by atoms with E-state index in [2.05, 4.69) is 16.3 Å². The van der Waals surface area contributed by atoms with E-state index in [0.717, 1.165) is 16.3 Å². The molecule has 0 saturated carbocycles. The molecule has 1 aromatic heterocycles. The molecule has 0 saturated heterocycles. The maximum atomic E-state index is 5.97. The van der Waals surface area contributed by atoms with Gasteiger partial charge in [-0.3, -0.25) is 5.10 Å². The van der Waals surface area contributed by atoms with E-state index in [4.69, 9.17) is 11.6 Å². The highest BCUT2D eigenvalue weighted by Crippen LogP contribution is 2.17. The first kappa shape index (κ1) is 9.03. The summed E-state index contributed by atoms with van der Waals surface area (Å²) in [6, 6.07) is 10.6. The van der Waals surface area contributed by atoms with E-state index >= 15 is 0 Å². The topological polar surface area (TPSA) is 28.7 Å². The fourth-order valence-electron chi connectivity index (χ4n) is 1.10. The van der Waals surface area contributed by atoms with Gasteiger partial charge in [-0.1, -0.05) is 35.9 Å². The maximum absolute atomic E-state index is 5.97. The van der Waals surface area contributed by atoms with E-state index in [1.54, 1.807) is 6.20 Å². The number of benzene rings is 1. The Morgan fingerprint density at radius 1 is 1.29 bits per heavy atom. The fraction of sp³-hybridized carbons (Fsp3) is 0. The van der Waals surface area contributed by atoms with Crippen LogP contribution in [-0.4, -0.2) is 10.2 Å². The lowest BCUT2D eigenvalue weighted by molar-refractivity contribution is 1.08. The summed E-state index contributed by atoms with van der Waals surface area (Å²) in [5.41, 5.74) is 1.75. The van der Waals surface area contributed by atoms with Crippen LogP contribution in [0.3, 0.4) is 0 Å². The molecular formula is C11H8ClN2. The summed E-state index contributed by atoms with van der Waals surface area (Å²) in [6.07, 6.45) is 5.43. The third kappa shape index (κ3) is 2.03. The molecule has 1 N–H and O–H groups in total. The first-order chi connectivity index (χ1) is 6.86. The molecule has 1 aromatic carbocycles. The summed E-state index contributed by atoms with van der Waals surface area (Å²) >= 11 is 5.97. The second kappa shape index (κ2) is 4.11. The Bertz CT molecular complexity index is 432. The third-order valence-electron chi connectivity index (χ3n) is 1.80. The number of H-pyrrole nitrogens is 1. The van der Waals surface area contributed by atoms with Crippen LogP contribution in [-0.2, 0) is 0 Å². The van der Waals surface area contributed by atoms with E-state index in [0.29, 0.717) is 0 Å². The molecule has 69 valence electrons. The van der Waals surface area contributed by atoms with Crippen LogP contribution in [0.2, 0.25) is 5.02 Å². The van der Waals surface area contributed by atoms with Crippen molar-refractivity contribution in [3.63, 3.8) is 0 Å². The molecule has 0 spiro atoms. The van der Waals surface area contributed by atoms with Gasteiger partial charge in [-0.15, -0.1) is 0 Å². The van der Waals surface area contributed by atoms with Crippen LogP contribution in [0.5, 0.6) is 0 Å². The van der Waals surface area contributed by atoms with E-state index in [-0.39, 0.29) is 0 Å². The summed E-state index contributed by atoms with van der Waals surface area (Å²) < 4.78 is 0. The van der Waals surface area contributed by atoms with Crippen molar-refractivity contribution >= 4 is 23.8 Å². The van der Waals surface area contributed by atoms with Crippen LogP contribution in [0.1, 0.15) is 11.3 Å². The zero-order valence-electron chi connectivity index (χ0n) is 7.37. The van der Waals surface area contributed by atoms with Gasteiger partial charge < -0.3 is 0 Å². The average Bonchev–Trinajstić information content (AvgIpc) is 2.69. The Morgan fingerprint density at radius 3 is 2.86 bits per heavy atom. The summed E-state index contributed by atoms with van der Waals surface area (Å²) in [5, 5.41) is 7.38. The number of aromatic amines is 1. The molecule has 1 heterocycles. The highest BCUT2D eigenvalue weighted by molar-refractivity contribution is 6.32. The second-order valence-electron chi connectivity index (χ2n) is 2.77. The summed E-state index contributed by atoms with van der Waals surface area (Å²) in [6.45, 7) is 0. The second-order valence-corrected chi connectivity index (χ2v) is 3.18. The molecule has 1 radical (unpaired) electrons. The largest absolute Gasteiger partial charge is 0.284 e. The number of aromatic nitrogens is 2. The van der Waals surface area contributed by atoms with Crippen molar-refractivity contribution in [3.8, 4) is 0 Å². The molecule has 3 heteroatoms. The zero-order chi connectivity index (χ0) is 9.80. The molecule has 0 fully saturated rings. The summed E-state index contributed by atoms with van der Waals surface area (Å²) in [7, 11) is 0. The van der Waals surface area contributed by atoms with Gasteiger partial charge >= 0.3 is 0 Å². The van der Waals surface area contributed by atoms with Gasteiger partial charge in [-0.2, -0.15) is 5.10 Å². The molecule has 14 heavy (non-hydrogen) atoms. The Hall–Kier alpha value is -1.54. The fourth-order valence-corrected chi connectivity index (χ4v) is 1.30. The number of halogens is 1. The highest BCUT2D eigenvalue weighted by atomic mass is 35.5. The predicted octanol–water partition coefficient (Wildman–Crippen LogP) is 3.03. The Kier molecular flexibility index (Phi) is 2.65. The standard InChI is InChI=1S/C11H8ClN2/c12-11-4-2-1-3-9(11)5-6-10-7-8-13-14-10/h1-6,8H,(H,13,14). The van der Waals surface area contributed by atoms with Crippen LogP contribution in [0.15, 0.2) is 30.5 Å². The molecule has 0 amide bonds. The number of nitrogens with one attached hydrogen (secondary N) is 1. The minimum absolute atomic E-state index is 0.735. The van der Waals surface area contributed by atoms with Gasteiger partial charge in [0.2, 0.25) is 0 Å². The van der Waals surface area contributed by atoms with Crippen molar-refractivity contribution in [1.82, 2.24) is 10.2 Å². The molecule has 2 rings (SSSR count). The molecular weight excluding hydrogens is 196 g/mol. The van der Waals surface area contributed by atoms with Gasteiger partial charge in [0.25, 0.3) is 0 Å². The maximum Gasteiger partial charge on any atom is 0.0928 e. The van der Waals surface area contributed by atoms with Gasteiger partial charge in [0, 0.05) is 17.3 Å². The molecule has 0 unspecified atom stereocenters. The van der Waals surface area contributed by atoms with E-state index in [1.165, 1.54) is 0 Å². The smallest absolute Gasteiger partial charge is 0.0928 e. The van der Waals surface area contributed by atoms with Crippen LogP contribution < -0.4 is 0 Å². The summed E-state index contributed by atoms with van der Waals surface area (Å²) in [5.74, 6) is 0. The highest BCUT2D eigenvalue weighted by Gasteiger charge is 1.93. The first-order valence-electron chi connectivity index (χ1n) is 4.20. The Morgan fingerprint density at radius 2 is 2.14 bits per heavy atom. The van der Waals surface area contributed by atoms with E-state index in [1.807, 2.05) is 36.4 Å². The number of rotatable bonds is 2. The minimum atomic E-state index is 0.735. The SMILES string of the molecule is Clc1ccccc1C=Cc1[c]c[nH]n1. The number of hydrogen-bond donors (Lipinski definition) is 1. The van der Waals surface area contributed by atoms with Gasteiger partial charge in [-0.05, 0) is 17.7 Å². The number of nitrogens with zero attached hydrogens (tertiary/aromatic N) is 1. The normalized spacial score (nSPS) is 10.9. The average molecular weight is 204 g/mol. The minimum Gasteiger partial charge on any atom is -0.284 e. The van der Waals surface area contributed by atoms with Crippen molar-refractivity contribution in [2.24, 2.45) is 0 Å². The Balaban J connectivity index is 2.23. The molecule has 0 aliphatic heterocycles. The van der Waals surface area contributed by atoms with Crippen LogP contribution in [0.25, 0.3) is 12.2 Å². The zero-order valence-corrected chi connectivity index (χ0v) is 8.12. The lowest BCUT2D eigenvalue weighted by Crippen LogP contribution is -1.74. The van der Waals surface area contributed by atoms with Gasteiger partial charge in [-0.25, -0.2) is 0 Å². The van der Waals surface area contributed by atoms with Gasteiger partial charge in [0.15, 0.2) is 0 Å². The molecule has 0 atom stereocenters. The predicted molar refractivity (Wildman–Crippen MR) is 57.8 cm³/mol. The lowest BCUT2D eigenvalue weighted by atomic mass is 10.2. The van der Waals surface area contributed by atoms with Crippen molar-refractivity contribution in [3.05, 3.63) is 52.8 Å².